The van der Waals surface area contributed by atoms with Crippen LogP contribution in [0.3, 0.4) is 0 Å². The fourth-order valence-corrected chi connectivity index (χ4v) is 2.63. The molecule has 0 radical (unpaired) electrons. The highest BCUT2D eigenvalue weighted by molar-refractivity contribution is 5.84. The van der Waals surface area contributed by atoms with Crippen LogP contribution in [0.25, 0.3) is 10.9 Å². The van der Waals surface area contributed by atoms with E-state index in [1.807, 2.05) is 37.3 Å². The molecule has 8 nitrogen and oxygen atoms in total. The van der Waals surface area contributed by atoms with Gasteiger partial charge in [0, 0.05) is 17.6 Å². The highest BCUT2D eigenvalue weighted by Crippen LogP contribution is 2.18. The van der Waals surface area contributed by atoms with Gasteiger partial charge >= 0.3 is 5.69 Å². The summed E-state index contributed by atoms with van der Waals surface area (Å²) in [4.78, 5) is 27.0. The Balaban J connectivity index is 1.74. The highest BCUT2D eigenvalue weighted by atomic mass is 16.6. The van der Waals surface area contributed by atoms with Crippen molar-refractivity contribution in [3.8, 4) is 0 Å². The van der Waals surface area contributed by atoms with Crippen molar-refractivity contribution in [1.82, 2.24) is 20.1 Å². The molecule has 1 N–H and O–H groups in total. The topological polar surface area (TPSA) is 103 Å². The van der Waals surface area contributed by atoms with E-state index < -0.39 is 11.0 Å². The summed E-state index contributed by atoms with van der Waals surface area (Å²) >= 11 is 0. The number of nitrogens with one attached hydrogen (secondary N) is 1. The Hall–Kier alpha value is -3.29. The molecule has 0 saturated carbocycles. The fourth-order valence-electron chi connectivity index (χ4n) is 2.63. The summed E-state index contributed by atoms with van der Waals surface area (Å²) in [6, 6.07) is 9.03. The summed E-state index contributed by atoms with van der Waals surface area (Å²) in [5.74, 6) is -0.267. The summed E-state index contributed by atoms with van der Waals surface area (Å²) in [7, 11) is 0. The molecule has 0 aliphatic heterocycles. The number of amides is 1. The summed E-state index contributed by atoms with van der Waals surface area (Å²) in [6.07, 6.45) is 2.37. The molecule has 2 heterocycles. The first kappa shape index (κ1) is 16.6. The van der Waals surface area contributed by atoms with Gasteiger partial charge in [-0.1, -0.05) is 18.2 Å². The van der Waals surface area contributed by atoms with Gasteiger partial charge in [0.2, 0.25) is 5.91 Å². The van der Waals surface area contributed by atoms with Crippen molar-refractivity contribution in [3.63, 3.8) is 0 Å². The third-order valence-corrected chi connectivity index (χ3v) is 3.96. The fraction of sp³-hybridized carbons (Fsp3) is 0.235. The molecule has 1 aromatic carbocycles. The summed E-state index contributed by atoms with van der Waals surface area (Å²) in [5, 5.41) is 18.4. The van der Waals surface area contributed by atoms with Crippen LogP contribution in [-0.2, 0) is 11.3 Å². The second-order valence-corrected chi connectivity index (χ2v) is 5.77. The van der Waals surface area contributed by atoms with E-state index >= 15 is 0 Å². The lowest BCUT2D eigenvalue weighted by Crippen LogP contribution is -2.31. The molecule has 2 aromatic heterocycles. The van der Waals surface area contributed by atoms with E-state index in [9.17, 15) is 14.9 Å². The van der Waals surface area contributed by atoms with E-state index in [2.05, 4.69) is 15.4 Å². The molecule has 3 aromatic rings. The van der Waals surface area contributed by atoms with Gasteiger partial charge in [-0.05, 0) is 31.5 Å². The van der Waals surface area contributed by atoms with Crippen LogP contribution in [0.2, 0.25) is 0 Å². The van der Waals surface area contributed by atoms with Gasteiger partial charge in [-0.25, -0.2) is 0 Å². The quantitative estimate of drug-likeness (QED) is 0.568. The van der Waals surface area contributed by atoms with Crippen molar-refractivity contribution in [3.05, 3.63) is 64.1 Å². The van der Waals surface area contributed by atoms with Gasteiger partial charge in [0.05, 0.1) is 10.4 Å². The molecule has 0 bridgehead atoms. The van der Waals surface area contributed by atoms with Crippen molar-refractivity contribution in [2.24, 2.45) is 0 Å². The number of para-hydroxylation sites is 1. The molecule has 8 heteroatoms. The number of carbonyl (C=O) groups is 1. The number of aryl methyl sites for hydroxylation is 1. The number of nitrogens with zero attached hydrogens (tertiary/aromatic N) is 4. The van der Waals surface area contributed by atoms with Gasteiger partial charge in [0.25, 0.3) is 0 Å². The second kappa shape index (κ2) is 6.68. The number of aromatic nitrogens is 3. The van der Waals surface area contributed by atoms with Crippen molar-refractivity contribution in [2.75, 3.05) is 0 Å². The minimum atomic E-state index is -0.650. The lowest BCUT2D eigenvalue weighted by molar-refractivity contribution is -0.385. The predicted molar refractivity (Wildman–Crippen MR) is 91.9 cm³/mol. The van der Waals surface area contributed by atoms with E-state index in [1.54, 1.807) is 6.92 Å². The minimum Gasteiger partial charge on any atom is -0.350 e. The zero-order valence-electron chi connectivity index (χ0n) is 13.8. The highest BCUT2D eigenvalue weighted by Gasteiger charge is 2.19. The number of hydrogen-bond acceptors (Lipinski definition) is 5. The Morgan fingerprint density at radius 1 is 1.40 bits per heavy atom. The molecule has 1 amide bonds. The largest absolute Gasteiger partial charge is 0.350 e. The van der Waals surface area contributed by atoms with Crippen molar-refractivity contribution in [1.29, 1.82) is 0 Å². The zero-order valence-corrected chi connectivity index (χ0v) is 13.8. The van der Waals surface area contributed by atoms with Crippen LogP contribution in [-0.4, -0.2) is 25.6 Å². The van der Waals surface area contributed by atoms with E-state index in [0.29, 0.717) is 6.54 Å². The number of pyridine rings is 1. The SMILES string of the molecule is Cc1cc(CNC(=O)[C@H](C)n2cc([N+](=O)[O-])cn2)c2ccccc2n1. The summed E-state index contributed by atoms with van der Waals surface area (Å²) < 4.78 is 1.28. The Labute approximate surface area is 143 Å². The lowest BCUT2D eigenvalue weighted by Gasteiger charge is -2.13. The van der Waals surface area contributed by atoms with Gasteiger partial charge < -0.3 is 5.32 Å². The van der Waals surface area contributed by atoms with E-state index in [-0.39, 0.29) is 11.6 Å². The Morgan fingerprint density at radius 2 is 2.16 bits per heavy atom. The first-order valence-corrected chi connectivity index (χ1v) is 7.77. The smallest absolute Gasteiger partial charge is 0.307 e. The Bertz CT molecular complexity index is 950. The molecule has 0 aliphatic carbocycles. The number of nitro groups is 1. The van der Waals surface area contributed by atoms with Gasteiger partial charge in [-0.15, -0.1) is 0 Å². The minimum absolute atomic E-state index is 0.143. The number of fused-ring (bicyclic) bond motifs is 1. The van der Waals surface area contributed by atoms with Crippen molar-refractivity contribution < 1.29 is 9.72 Å². The number of benzene rings is 1. The average molecular weight is 339 g/mol. The van der Waals surface area contributed by atoms with Crippen molar-refractivity contribution in [2.45, 2.75) is 26.4 Å². The summed E-state index contributed by atoms with van der Waals surface area (Å²) in [5.41, 5.74) is 2.58. The van der Waals surface area contributed by atoms with Crippen LogP contribution in [0.4, 0.5) is 5.69 Å². The molecule has 3 rings (SSSR count). The van der Waals surface area contributed by atoms with Crippen molar-refractivity contribution >= 4 is 22.5 Å². The standard InChI is InChI=1S/C17H17N5O3/c1-11-7-13(15-5-3-4-6-16(15)20-11)8-18-17(23)12(2)21-10-14(9-19-21)22(24)25/h3-7,9-10,12H,8H2,1-2H3,(H,18,23)/t12-/m0/s1. The van der Waals surface area contributed by atoms with Gasteiger partial charge in [-0.2, -0.15) is 5.10 Å². The van der Waals surface area contributed by atoms with Crippen LogP contribution in [0.15, 0.2) is 42.7 Å². The molecule has 25 heavy (non-hydrogen) atoms. The molecule has 1 atom stereocenters. The van der Waals surface area contributed by atoms with Gasteiger partial charge in [-0.3, -0.25) is 24.6 Å². The van der Waals surface area contributed by atoms with Gasteiger partial charge in [0.15, 0.2) is 0 Å². The normalized spacial score (nSPS) is 12.1. The average Bonchev–Trinajstić information content (AvgIpc) is 3.08. The first-order chi connectivity index (χ1) is 12.0. The maximum absolute atomic E-state index is 12.4. The number of carbonyl (C=O) groups excluding carboxylic acids is 1. The number of hydrogen-bond donors (Lipinski definition) is 1. The van der Waals surface area contributed by atoms with Gasteiger partial charge in [0.1, 0.15) is 18.4 Å². The lowest BCUT2D eigenvalue weighted by atomic mass is 10.1. The van der Waals surface area contributed by atoms with E-state index in [1.165, 1.54) is 10.9 Å². The second-order valence-electron chi connectivity index (χ2n) is 5.77. The molecular formula is C17H17N5O3. The van der Waals surface area contributed by atoms with Crippen LogP contribution in [0.5, 0.6) is 0 Å². The number of rotatable bonds is 5. The van der Waals surface area contributed by atoms with Crippen LogP contribution in [0, 0.1) is 17.0 Å². The molecule has 0 fully saturated rings. The van der Waals surface area contributed by atoms with E-state index in [4.69, 9.17) is 0 Å². The monoisotopic (exact) mass is 339 g/mol. The maximum atomic E-state index is 12.4. The third-order valence-electron chi connectivity index (χ3n) is 3.96. The molecule has 0 spiro atoms. The third kappa shape index (κ3) is 3.47. The Kier molecular flexibility index (Phi) is 4.42. The maximum Gasteiger partial charge on any atom is 0.307 e. The molecule has 0 unspecified atom stereocenters. The van der Waals surface area contributed by atoms with E-state index in [0.717, 1.165) is 28.4 Å². The predicted octanol–water partition coefficient (Wildman–Crippen LogP) is 2.53. The Morgan fingerprint density at radius 3 is 2.88 bits per heavy atom. The molecule has 0 aliphatic rings. The summed E-state index contributed by atoms with van der Waals surface area (Å²) in [6.45, 7) is 3.89. The van der Waals surface area contributed by atoms with Crippen LogP contribution in [0.1, 0.15) is 24.2 Å². The zero-order chi connectivity index (χ0) is 18.0. The van der Waals surface area contributed by atoms with Crippen LogP contribution >= 0.6 is 0 Å². The molecular weight excluding hydrogens is 322 g/mol. The molecule has 128 valence electrons. The molecule has 0 saturated heterocycles. The van der Waals surface area contributed by atoms with Crippen LogP contribution < -0.4 is 5.32 Å². The first-order valence-electron chi connectivity index (χ1n) is 7.77.